The summed E-state index contributed by atoms with van der Waals surface area (Å²) < 4.78 is 49.7. The topological polar surface area (TPSA) is 155 Å². The van der Waals surface area contributed by atoms with Crippen LogP contribution in [0.1, 0.15) is 95.3 Å². The first-order valence-electron chi connectivity index (χ1n) is 20.6. The molecular weight excluding hydrogens is 799 g/mol. The Balaban J connectivity index is 1.09. The molecule has 8 heterocycles. The number of rotatable bonds is 7. The van der Waals surface area contributed by atoms with Gasteiger partial charge in [-0.1, -0.05) is 11.2 Å². The molecule has 318 valence electrons. The molecule has 0 spiro atoms. The van der Waals surface area contributed by atoms with E-state index in [-0.39, 0.29) is 46.6 Å². The predicted molar refractivity (Wildman–Crippen MR) is 225 cm³/mol. The molecule has 2 aromatic carbocycles. The van der Waals surface area contributed by atoms with E-state index in [9.17, 15) is 9.59 Å². The fourth-order valence-corrected chi connectivity index (χ4v) is 9.52. The van der Waals surface area contributed by atoms with E-state index in [1.807, 2.05) is 23.6 Å². The van der Waals surface area contributed by atoms with Crippen LogP contribution in [0.4, 0.5) is 8.78 Å². The Labute approximate surface area is 352 Å². The Bertz CT molecular complexity index is 3210. The lowest BCUT2D eigenvalue weighted by Gasteiger charge is -2.35. The van der Waals surface area contributed by atoms with Gasteiger partial charge in [-0.05, 0) is 106 Å². The molecule has 0 bridgehead atoms. The first-order valence-corrected chi connectivity index (χ1v) is 20.6. The van der Waals surface area contributed by atoms with Crippen LogP contribution < -0.4 is 11.4 Å². The third kappa shape index (κ3) is 6.32. The summed E-state index contributed by atoms with van der Waals surface area (Å²) in [5, 5.41) is 13.4. The number of carbonyl (C=O) groups excluding carboxylic acids is 1. The Kier molecular flexibility index (Phi) is 9.10. The van der Waals surface area contributed by atoms with Crippen molar-refractivity contribution in [2.45, 2.75) is 77.9 Å². The highest BCUT2D eigenvalue weighted by molar-refractivity contribution is 5.98. The van der Waals surface area contributed by atoms with Gasteiger partial charge in [0, 0.05) is 68.9 Å². The molecule has 0 aliphatic carbocycles. The number of halogens is 2. The number of aryl methyl sites for hydroxylation is 3. The molecule has 62 heavy (non-hydrogen) atoms. The zero-order chi connectivity index (χ0) is 43.4. The minimum atomic E-state index is -0.696. The molecule has 0 saturated carbocycles. The summed E-state index contributed by atoms with van der Waals surface area (Å²) in [6.07, 6.45) is 10.5. The number of fused-ring (bicyclic) bond motifs is 3. The van der Waals surface area contributed by atoms with E-state index in [1.54, 1.807) is 59.6 Å². The average Bonchev–Trinajstić information content (AvgIpc) is 4.08. The first kappa shape index (κ1) is 39.3. The normalized spacial score (nSPS) is 17.6. The number of carbonyl (C=O) groups is 1. The average molecular weight is 843 g/mol. The number of nitrogens with one attached hydrogen (secondary N) is 1. The Hall–Kier alpha value is -6.88. The maximum absolute atomic E-state index is 16.1. The van der Waals surface area contributed by atoms with Crippen molar-refractivity contribution in [2.24, 2.45) is 7.05 Å². The summed E-state index contributed by atoms with van der Waals surface area (Å²) in [4.78, 5) is 46.1. The van der Waals surface area contributed by atoms with Gasteiger partial charge < -0.3 is 14.0 Å². The van der Waals surface area contributed by atoms with Crippen LogP contribution >= 0.6 is 0 Å². The summed E-state index contributed by atoms with van der Waals surface area (Å²) in [6.45, 7) is 10.4. The van der Waals surface area contributed by atoms with Gasteiger partial charge >= 0.3 is 11.4 Å². The summed E-state index contributed by atoms with van der Waals surface area (Å²) in [5.74, 6) is -1.04. The summed E-state index contributed by atoms with van der Waals surface area (Å²) in [6, 6.07) is 10.0. The van der Waals surface area contributed by atoms with E-state index in [0.717, 1.165) is 23.9 Å². The van der Waals surface area contributed by atoms with E-state index in [2.05, 4.69) is 41.4 Å². The molecule has 0 unspecified atom stereocenters. The van der Waals surface area contributed by atoms with Crippen LogP contribution in [0.25, 0.3) is 33.6 Å². The molecule has 2 aliphatic heterocycles. The lowest BCUT2D eigenvalue weighted by atomic mass is 9.84. The number of nitrogens with zero attached hydrogens (tertiary/aromatic N) is 9. The minimum absolute atomic E-state index is 0.0398. The number of hydrogen-bond donors (Lipinski definition) is 1. The number of aromatic amines is 1. The molecule has 1 N–H and O–H groups in total. The van der Waals surface area contributed by atoms with Crippen LogP contribution in [-0.4, -0.2) is 72.8 Å². The van der Waals surface area contributed by atoms with Crippen LogP contribution in [0.15, 0.2) is 81.5 Å². The summed E-state index contributed by atoms with van der Waals surface area (Å²) >= 11 is 0. The summed E-state index contributed by atoms with van der Waals surface area (Å²) in [5.41, 5.74) is 5.33. The lowest BCUT2D eigenvalue weighted by Crippen LogP contribution is -2.39. The minimum Gasteiger partial charge on any atom is -0.376 e. The largest absolute Gasteiger partial charge is 0.438 e. The Morgan fingerprint density at radius 1 is 1.00 bits per heavy atom. The summed E-state index contributed by atoms with van der Waals surface area (Å²) in [7, 11) is 1.71. The van der Waals surface area contributed by atoms with E-state index in [1.165, 1.54) is 27.6 Å². The van der Waals surface area contributed by atoms with Crippen molar-refractivity contribution in [3.8, 4) is 17.2 Å². The third-order valence-electron chi connectivity index (χ3n) is 12.6. The van der Waals surface area contributed by atoms with Gasteiger partial charge in [0.25, 0.3) is 5.91 Å². The SMILES string of the molecule is Cc1cc(-n2nc3c(c2-n2ccn(-c4ccc5c(cnn5C)c4F)c2=O)[C@H](C)N(C(=O)c2cn4cc([C@H]5CCOC(C)(C)C5)ccc4c2Cc2noc(=O)[nH]2)CC3)cc(C)c1F. The number of amides is 1. The van der Waals surface area contributed by atoms with E-state index >= 15 is 13.6 Å². The molecule has 0 radical (unpaired) electrons. The van der Waals surface area contributed by atoms with Crippen molar-refractivity contribution in [1.29, 1.82) is 0 Å². The standard InChI is InChI=1S/C45H44F2N10O5/c1-24-17-29(18-25(2)39(24)46)57-41(56-15-14-55(44(56)60)36-10-9-34-31(40(36)47)21-48-52(34)6)38-26(3)54(13-11-33(38)50-57)42(58)32-23-53-22-28(27-12-16-61-45(4,5)20-27)7-8-35(53)30(32)19-37-49-43(59)62-51-37/h7-10,14-15,17-18,21-23,26-27H,11-13,16,19-20H2,1-6H3,(H,49,51,59)/t26-,27-/m0/s1. The van der Waals surface area contributed by atoms with Gasteiger partial charge in [-0.2, -0.15) is 10.2 Å². The molecule has 10 rings (SSSR count). The van der Waals surface area contributed by atoms with Crippen molar-refractivity contribution in [2.75, 3.05) is 13.2 Å². The van der Waals surface area contributed by atoms with Gasteiger partial charge in [0.1, 0.15) is 11.6 Å². The molecule has 2 atom stereocenters. The lowest BCUT2D eigenvalue weighted by molar-refractivity contribution is -0.0593. The molecule has 15 nitrogen and oxygen atoms in total. The van der Waals surface area contributed by atoms with E-state index in [0.29, 0.717) is 70.1 Å². The quantitative estimate of drug-likeness (QED) is 0.190. The van der Waals surface area contributed by atoms with Crippen molar-refractivity contribution in [3.63, 3.8) is 0 Å². The second-order valence-corrected chi connectivity index (χ2v) is 17.1. The number of ether oxygens (including phenoxy) is 1. The van der Waals surface area contributed by atoms with Gasteiger partial charge in [0.15, 0.2) is 11.6 Å². The predicted octanol–water partition coefficient (Wildman–Crippen LogP) is 6.55. The van der Waals surface area contributed by atoms with Gasteiger partial charge in [0.05, 0.1) is 51.4 Å². The smallest absolute Gasteiger partial charge is 0.376 e. The van der Waals surface area contributed by atoms with Crippen molar-refractivity contribution < 1.29 is 22.8 Å². The van der Waals surface area contributed by atoms with Gasteiger partial charge in [-0.3, -0.25) is 28.1 Å². The van der Waals surface area contributed by atoms with Crippen molar-refractivity contribution in [3.05, 3.63) is 145 Å². The number of pyridine rings is 1. The van der Waals surface area contributed by atoms with E-state index < -0.39 is 23.3 Å². The molecule has 1 amide bonds. The first-order chi connectivity index (χ1) is 29.7. The maximum atomic E-state index is 16.1. The number of hydrogen-bond acceptors (Lipinski definition) is 8. The molecular formula is C45H44F2N10O5. The molecule has 2 aliphatic rings. The van der Waals surface area contributed by atoms with Gasteiger partial charge in [0.2, 0.25) is 0 Å². The number of benzene rings is 2. The van der Waals surface area contributed by atoms with Crippen LogP contribution in [0, 0.1) is 25.5 Å². The molecule has 1 saturated heterocycles. The Morgan fingerprint density at radius 3 is 2.50 bits per heavy atom. The van der Waals surface area contributed by atoms with Gasteiger partial charge in [-0.25, -0.2) is 23.1 Å². The Morgan fingerprint density at radius 2 is 1.76 bits per heavy atom. The van der Waals surface area contributed by atoms with Crippen molar-refractivity contribution in [1.82, 2.24) is 48.1 Å². The number of aromatic nitrogens is 9. The van der Waals surface area contributed by atoms with Crippen LogP contribution in [0.5, 0.6) is 0 Å². The number of imidazole rings is 1. The molecule has 6 aromatic heterocycles. The van der Waals surface area contributed by atoms with E-state index in [4.69, 9.17) is 14.4 Å². The van der Waals surface area contributed by atoms with Crippen molar-refractivity contribution >= 4 is 22.3 Å². The maximum Gasteiger partial charge on any atom is 0.438 e. The molecule has 8 aromatic rings. The molecule has 1 fully saturated rings. The fraction of sp³-hybridized carbons (Fsp3) is 0.333. The number of H-pyrrole nitrogens is 1. The fourth-order valence-electron chi connectivity index (χ4n) is 9.52. The second-order valence-electron chi connectivity index (χ2n) is 17.1. The highest BCUT2D eigenvalue weighted by Gasteiger charge is 2.37. The highest BCUT2D eigenvalue weighted by atomic mass is 19.1. The van der Waals surface area contributed by atoms with Gasteiger partial charge in [-0.15, -0.1) is 0 Å². The second kappa shape index (κ2) is 14.4. The third-order valence-corrected chi connectivity index (χ3v) is 12.6. The highest BCUT2D eigenvalue weighted by Crippen LogP contribution is 2.39. The van der Waals surface area contributed by atoms with Crippen LogP contribution in [0.3, 0.4) is 0 Å². The zero-order valence-electron chi connectivity index (χ0n) is 35.1. The zero-order valence-corrected chi connectivity index (χ0v) is 35.1. The monoisotopic (exact) mass is 842 g/mol. The van der Waals surface area contributed by atoms with Crippen LogP contribution in [0.2, 0.25) is 0 Å². The van der Waals surface area contributed by atoms with Crippen LogP contribution in [-0.2, 0) is 24.6 Å². The molecule has 17 heteroatoms.